The highest BCUT2D eigenvalue weighted by atomic mass is 35.5. The lowest BCUT2D eigenvalue weighted by Crippen LogP contribution is -2.46. The quantitative estimate of drug-likeness (QED) is 0.889. The highest BCUT2D eigenvalue weighted by Crippen LogP contribution is 2.23. The summed E-state index contributed by atoms with van der Waals surface area (Å²) >= 11 is 0. The lowest BCUT2D eigenvalue weighted by atomic mass is 10.3. The maximum absolute atomic E-state index is 13.5. The van der Waals surface area contributed by atoms with Crippen molar-refractivity contribution < 1.29 is 21.6 Å². The Bertz CT molecular complexity index is 539. The zero-order valence-corrected chi connectivity index (χ0v) is 11.3. The minimum atomic E-state index is -4.26. The summed E-state index contributed by atoms with van der Waals surface area (Å²) in [5.41, 5.74) is 0. The number of halogens is 4. The summed E-state index contributed by atoms with van der Waals surface area (Å²) in [6.07, 6.45) is 0. The van der Waals surface area contributed by atoms with Gasteiger partial charge in [-0.2, -0.15) is 4.31 Å². The summed E-state index contributed by atoms with van der Waals surface area (Å²) in [4.78, 5) is -1.09. The van der Waals surface area contributed by atoms with Crippen LogP contribution < -0.4 is 5.32 Å². The Balaban J connectivity index is 0.00000180. The molecule has 1 heterocycles. The van der Waals surface area contributed by atoms with Crippen molar-refractivity contribution in [2.75, 3.05) is 26.2 Å². The van der Waals surface area contributed by atoms with Crippen LogP contribution >= 0.6 is 12.4 Å². The average molecular weight is 317 g/mol. The summed E-state index contributed by atoms with van der Waals surface area (Å²) in [5, 5.41) is 2.92. The number of hydrogen-bond donors (Lipinski definition) is 1. The summed E-state index contributed by atoms with van der Waals surface area (Å²) in [6.45, 7) is 1.06. The van der Waals surface area contributed by atoms with Gasteiger partial charge in [-0.3, -0.25) is 0 Å². The van der Waals surface area contributed by atoms with Crippen LogP contribution in [0.1, 0.15) is 0 Å². The number of hydrogen-bond acceptors (Lipinski definition) is 3. The molecule has 1 fully saturated rings. The van der Waals surface area contributed by atoms with E-state index in [-0.39, 0.29) is 25.5 Å². The Morgan fingerprint density at radius 2 is 1.53 bits per heavy atom. The zero-order chi connectivity index (χ0) is 13.3. The van der Waals surface area contributed by atoms with Crippen LogP contribution in [0.5, 0.6) is 0 Å². The number of nitrogens with one attached hydrogen (secondary N) is 1. The molecule has 1 aliphatic heterocycles. The van der Waals surface area contributed by atoms with E-state index in [2.05, 4.69) is 5.32 Å². The summed E-state index contributed by atoms with van der Waals surface area (Å²) in [7, 11) is -4.26. The monoisotopic (exact) mass is 316 g/mol. The number of rotatable bonds is 2. The van der Waals surface area contributed by atoms with Crippen molar-refractivity contribution in [1.29, 1.82) is 0 Å². The molecule has 2 rings (SSSR count). The van der Waals surface area contributed by atoms with E-state index in [1.54, 1.807) is 0 Å². The first-order valence-electron chi connectivity index (χ1n) is 5.28. The number of benzene rings is 1. The van der Waals surface area contributed by atoms with Crippen LogP contribution in [0.4, 0.5) is 13.2 Å². The van der Waals surface area contributed by atoms with Gasteiger partial charge in [0.05, 0.1) is 0 Å². The molecular weight excluding hydrogens is 305 g/mol. The molecule has 0 unspecified atom stereocenters. The topological polar surface area (TPSA) is 49.4 Å². The molecule has 4 nitrogen and oxygen atoms in total. The minimum Gasteiger partial charge on any atom is -0.314 e. The van der Waals surface area contributed by atoms with Gasteiger partial charge >= 0.3 is 0 Å². The number of nitrogens with zero attached hydrogens (tertiary/aromatic N) is 1. The first kappa shape index (κ1) is 16.2. The first-order valence-corrected chi connectivity index (χ1v) is 6.72. The second-order valence-electron chi connectivity index (χ2n) is 3.85. The second-order valence-corrected chi connectivity index (χ2v) is 5.73. The summed E-state index contributed by atoms with van der Waals surface area (Å²) in [5.74, 6) is -3.97. The Hall–Kier alpha value is -0.830. The van der Waals surface area contributed by atoms with Crippen molar-refractivity contribution in [3.05, 3.63) is 29.6 Å². The number of sulfonamides is 1. The van der Waals surface area contributed by atoms with Crippen LogP contribution in [0.2, 0.25) is 0 Å². The lowest BCUT2D eigenvalue weighted by molar-refractivity contribution is 0.355. The van der Waals surface area contributed by atoms with Crippen molar-refractivity contribution in [3.63, 3.8) is 0 Å². The predicted molar refractivity (Wildman–Crippen MR) is 65.2 cm³/mol. The molecule has 0 amide bonds. The smallest absolute Gasteiger partial charge is 0.249 e. The molecule has 19 heavy (non-hydrogen) atoms. The van der Waals surface area contributed by atoms with E-state index in [4.69, 9.17) is 0 Å². The largest absolute Gasteiger partial charge is 0.314 e. The van der Waals surface area contributed by atoms with Crippen LogP contribution in [0.25, 0.3) is 0 Å². The molecule has 1 N–H and O–H groups in total. The van der Waals surface area contributed by atoms with Gasteiger partial charge < -0.3 is 5.32 Å². The van der Waals surface area contributed by atoms with Crippen LogP contribution in [0.3, 0.4) is 0 Å². The molecule has 1 aromatic rings. The van der Waals surface area contributed by atoms with Crippen molar-refractivity contribution in [1.82, 2.24) is 9.62 Å². The Morgan fingerprint density at radius 3 is 2.00 bits per heavy atom. The molecule has 0 aromatic heterocycles. The maximum Gasteiger partial charge on any atom is 0.249 e. The Morgan fingerprint density at radius 1 is 1.05 bits per heavy atom. The third kappa shape index (κ3) is 3.19. The Labute approximate surface area is 115 Å². The molecule has 1 aromatic carbocycles. The van der Waals surface area contributed by atoms with Crippen LogP contribution in [-0.2, 0) is 10.0 Å². The van der Waals surface area contributed by atoms with Gasteiger partial charge in [-0.1, -0.05) is 0 Å². The normalized spacial score (nSPS) is 17.0. The van der Waals surface area contributed by atoms with Gasteiger partial charge in [-0.05, 0) is 0 Å². The van der Waals surface area contributed by atoms with E-state index in [1.165, 1.54) is 0 Å². The molecule has 1 saturated heterocycles. The van der Waals surface area contributed by atoms with Gasteiger partial charge in [-0.25, -0.2) is 21.6 Å². The number of piperazine rings is 1. The highest BCUT2D eigenvalue weighted by Gasteiger charge is 2.32. The van der Waals surface area contributed by atoms with Gasteiger partial charge in [0, 0.05) is 38.3 Å². The molecular formula is C10H12ClF3N2O2S. The molecule has 9 heteroatoms. The van der Waals surface area contributed by atoms with E-state index in [9.17, 15) is 21.6 Å². The Kier molecular flexibility index (Phi) is 5.19. The van der Waals surface area contributed by atoms with Crippen molar-refractivity contribution in [2.45, 2.75) is 4.90 Å². The van der Waals surface area contributed by atoms with Crippen molar-refractivity contribution in [2.24, 2.45) is 0 Å². The predicted octanol–water partition coefficient (Wildman–Crippen LogP) is 1.12. The van der Waals surface area contributed by atoms with E-state index in [0.717, 1.165) is 4.31 Å². The molecule has 0 spiro atoms. The fourth-order valence-corrected chi connectivity index (χ4v) is 3.32. The van der Waals surface area contributed by atoms with E-state index in [0.29, 0.717) is 25.2 Å². The van der Waals surface area contributed by atoms with Crippen LogP contribution in [0.15, 0.2) is 17.0 Å². The average Bonchev–Trinajstić information content (AvgIpc) is 2.28. The molecule has 0 atom stereocenters. The highest BCUT2D eigenvalue weighted by molar-refractivity contribution is 7.89. The lowest BCUT2D eigenvalue weighted by Gasteiger charge is -2.26. The van der Waals surface area contributed by atoms with Crippen molar-refractivity contribution >= 4 is 22.4 Å². The standard InChI is InChI=1S/C10H11F3N2O2S.ClH/c11-7-5-8(12)10(9(13)6-7)18(16,17)15-3-1-14-2-4-15;/h5-6,14H,1-4H2;1H. The molecule has 0 saturated carbocycles. The zero-order valence-electron chi connectivity index (χ0n) is 9.70. The maximum atomic E-state index is 13.5. The second kappa shape index (κ2) is 6.08. The molecule has 1 aliphatic rings. The molecule has 0 radical (unpaired) electrons. The molecule has 108 valence electrons. The SMILES string of the molecule is Cl.O=S(=O)(c1c(F)cc(F)cc1F)N1CCNCC1. The van der Waals surface area contributed by atoms with Gasteiger partial charge in [0.15, 0.2) is 4.90 Å². The first-order chi connectivity index (χ1) is 8.43. The van der Waals surface area contributed by atoms with E-state index >= 15 is 0 Å². The van der Waals surface area contributed by atoms with Gasteiger partial charge in [0.25, 0.3) is 0 Å². The third-order valence-electron chi connectivity index (χ3n) is 2.64. The van der Waals surface area contributed by atoms with Gasteiger partial charge in [0.2, 0.25) is 10.0 Å². The van der Waals surface area contributed by atoms with E-state index < -0.39 is 32.4 Å². The molecule has 0 aliphatic carbocycles. The minimum absolute atomic E-state index is 0. The van der Waals surface area contributed by atoms with Crippen LogP contribution in [0, 0.1) is 17.5 Å². The molecule has 0 bridgehead atoms. The van der Waals surface area contributed by atoms with Crippen LogP contribution in [-0.4, -0.2) is 38.9 Å². The summed E-state index contributed by atoms with van der Waals surface area (Å²) in [6, 6.07) is 0.719. The summed E-state index contributed by atoms with van der Waals surface area (Å²) < 4.78 is 64.7. The fourth-order valence-electron chi connectivity index (χ4n) is 1.79. The third-order valence-corrected chi connectivity index (χ3v) is 4.59. The van der Waals surface area contributed by atoms with E-state index in [1.807, 2.05) is 0 Å². The fraction of sp³-hybridized carbons (Fsp3) is 0.400. The van der Waals surface area contributed by atoms with Gasteiger partial charge in [-0.15, -0.1) is 12.4 Å². The van der Waals surface area contributed by atoms with Gasteiger partial charge in [0.1, 0.15) is 17.5 Å². The van der Waals surface area contributed by atoms with Crippen molar-refractivity contribution in [3.8, 4) is 0 Å².